The molecule has 8 heteroatoms. The second-order valence-corrected chi connectivity index (χ2v) is 7.21. The molecular weight excluding hydrogens is 378 g/mol. The van der Waals surface area contributed by atoms with Crippen molar-refractivity contribution in [3.05, 3.63) is 64.6 Å². The van der Waals surface area contributed by atoms with Gasteiger partial charge in [-0.1, -0.05) is 30.0 Å². The second kappa shape index (κ2) is 7.47. The molecule has 0 unspecified atom stereocenters. The molecule has 1 aromatic heterocycles. The number of ether oxygens (including phenoxy) is 1. The van der Waals surface area contributed by atoms with Gasteiger partial charge in [0.15, 0.2) is 0 Å². The Hall–Kier alpha value is -3.13. The Labute approximate surface area is 164 Å². The number of hydrogen-bond acceptors (Lipinski definition) is 6. The number of benzene rings is 2. The van der Waals surface area contributed by atoms with E-state index >= 15 is 0 Å². The summed E-state index contributed by atoms with van der Waals surface area (Å²) >= 11 is 0.994. The minimum absolute atomic E-state index is 0.149. The van der Waals surface area contributed by atoms with Crippen LogP contribution < -0.4 is 15.2 Å². The largest absolute Gasteiger partial charge is 0.492 e. The first kappa shape index (κ1) is 18.2. The number of carbonyl (C=O) groups excluding carboxylic acids is 2. The lowest BCUT2D eigenvalue weighted by atomic mass is 10.1. The van der Waals surface area contributed by atoms with Crippen molar-refractivity contribution in [1.29, 1.82) is 0 Å². The number of aryl methyl sites for hydroxylation is 1. The average Bonchev–Trinajstić information content (AvgIpc) is 3.04. The number of hydrogen-bond donors (Lipinski definition) is 0. The van der Waals surface area contributed by atoms with Gasteiger partial charge < -0.3 is 4.74 Å². The van der Waals surface area contributed by atoms with Crippen molar-refractivity contribution in [2.45, 2.75) is 13.5 Å². The molecule has 2 amide bonds. The van der Waals surface area contributed by atoms with Crippen LogP contribution in [0.15, 0.2) is 53.3 Å². The Morgan fingerprint density at radius 3 is 2.43 bits per heavy atom. The summed E-state index contributed by atoms with van der Waals surface area (Å²) < 4.78 is 7.10. The van der Waals surface area contributed by atoms with Crippen molar-refractivity contribution >= 4 is 39.4 Å². The molecule has 3 aromatic rings. The molecule has 0 atom stereocenters. The fraction of sp³-hybridized carbons (Fsp3) is 0.200. The number of amides is 2. The van der Waals surface area contributed by atoms with Gasteiger partial charge in [0.25, 0.3) is 10.8 Å². The van der Waals surface area contributed by atoms with E-state index in [1.807, 2.05) is 25.1 Å². The van der Waals surface area contributed by atoms with Crippen molar-refractivity contribution in [2.24, 2.45) is 0 Å². The molecule has 0 radical (unpaired) electrons. The van der Waals surface area contributed by atoms with Crippen molar-refractivity contribution in [2.75, 3.05) is 17.3 Å². The Bertz CT molecular complexity index is 1110. The van der Waals surface area contributed by atoms with E-state index in [2.05, 4.69) is 5.10 Å². The molecule has 1 saturated heterocycles. The van der Waals surface area contributed by atoms with Crippen LogP contribution in [0.4, 0.5) is 10.5 Å². The van der Waals surface area contributed by atoms with E-state index in [1.165, 1.54) is 4.68 Å². The third-order valence-corrected chi connectivity index (χ3v) is 5.29. The molecular formula is C20H17N3O4S. The standard InChI is InChI=1S/C20H17N3O4S/c1-13-16-4-2-3-5-17(16)19(25)22(21-13)10-11-27-15-8-6-14(7-9-15)23-18(24)12-28-20(23)26/h2-9H,10-12H2,1H3. The maximum Gasteiger partial charge on any atom is 0.293 e. The SMILES string of the molecule is Cc1nn(CCOc2ccc(N3C(=O)CSC3=O)cc2)c(=O)c2ccccc12. The van der Waals surface area contributed by atoms with Crippen LogP contribution in [0.1, 0.15) is 5.69 Å². The Morgan fingerprint density at radius 2 is 1.75 bits per heavy atom. The highest BCUT2D eigenvalue weighted by molar-refractivity contribution is 8.15. The van der Waals surface area contributed by atoms with Crippen molar-refractivity contribution < 1.29 is 14.3 Å². The molecule has 7 nitrogen and oxygen atoms in total. The van der Waals surface area contributed by atoms with Gasteiger partial charge >= 0.3 is 0 Å². The third-order valence-electron chi connectivity index (χ3n) is 4.47. The lowest BCUT2D eigenvalue weighted by Gasteiger charge is -2.14. The summed E-state index contributed by atoms with van der Waals surface area (Å²) in [4.78, 5) is 37.2. The van der Waals surface area contributed by atoms with Gasteiger partial charge in [0.1, 0.15) is 12.4 Å². The molecule has 4 rings (SSSR count). The number of imide groups is 1. The van der Waals surface area contributed by atoms with Crippen LogP contribution in [0.5, 0.6) is 5.75 Å². The van der Waals surface area contributed by atoms with Gasteiger partial charge in [0.05, 0.1) is 29.1 Å². The molecule has 0 aliphatic carbocycles. The van der Waals surface area contributed by atoms with Crippen LogP contribution in [0.25, 0.3) is 10.8 Å². The van der Waals surface area contributed by atoms with Crippen LogP contribution in [0.3, 0.4) is 0 Å². The number of fused-ring (bicyclic) bond motifs is 1. The Balaban J connectivity index is 1.44. The van der Waals surface area contributed by atoms with Gasteiger partial charge in [0, 0.05) is 5.39 Å². The predicted molar refractivity (Wildman–Crippen MR) is 108 cm³/mol. The van der Waals surface area contributed by atoms with Gasteiger partial charge in [-0.05, 0) is 37.3 Å². The number of nitrogens with zero attached hydrogens (tertiary/aromatic N) is 3. The fourth-order valence-electron chi connectivity index (χ4n) is 3.10. The molecule has 0 bridgehead atoms. The molecule has 1 aliphatic rings. The number of carbonyl (C=O) groups is 2. The van der Waals surface area contributed by atoms with Crippen molar-refractivity contribution in [3.63, 3.8) is 0 Å². The molecule has 0 spiro atoms. The Morgan fingerprint density at radius 1 is 1.04 bits per heavy atom. The van der Waals surface area contributed by atoms with E-state index in [4.69, 9.17) is 4.74 Å². The first-order chi connectivity index (χ1) is 13.5. The first-order valence-corrected chi connectivity index (χ1v) is 9.72. The molecule has 2 aromatic carbocycles. The number of rotatable bonds is 5. The summed E-state index contributed by atoms with van der Waals surface area (Å²) in [7, 11) is 0. The third kappa shape index (κ3) is 3.38. The highest BCUT2D eigenvalue weighted by atomic mass is 32.2. The second-order valence-electron chi connectivity index (χ2n) is 6.29. The number of aromatic nitrogens is 2. The minimum atomic E-state index is -0.268. The van der Waals surface area contributed by atoms with Crippen molar-refractivity contribution in [1.82, 2.24) is 9.78 Å². The first-order valence-electron chi connectivity index (χ1n) is 8.73. The van der Waals surface area contributed by atoms with E-state index in [0.717, 1.165) is 27.7 Å². The average molecular weight is 395 g/mol. The van der Waals surface area contributed by atoms with Crippen LogP contribution >= 0.6 is 11.8 Å². The van der Waals surface area contributed by atoms with E-state index < -0.39 is 0 Å². The summed E-state index contributed by atoms with van der Waals surface area (Å²) in [6.45, 7) is 2.45. The van der Waals surface area contributed by atoms with Crippen LogP contribution in [-0.2, 0) is 11.3 Å². The van der Waals surface area contributed by atoms with Crippen LogP contribution in [0.2, 0.25) is 0 Å². The monoisotopic (exact) mass is 395 g/mol. The van der Waals surface area contributed by atoms with E-state index in [1.54, 1.807) is 30.3 Å². The minimum Gasteiger partial charge on any atom is -0.492 e. The lowest BCUT2D eigenvalue weighted by Crippen LogP contribution is -2.28. The Kier molecular flexibility index (Phi) is 4.87. The van der Waals surface area contributed by atoms with Gasteiger partial charge in [-0.15, -0.1) is 0 Å². The molecule has 2 heterocycles. The van der Waals surface area contributed by atoms with E-state index in [0.29, 0.717) is 23.4 Å². The number of thioether (sulfide) groups is 1. The topological polar surface area (TPSA) is 81.5 Å². The maximum atomic E-state index is 12.5. The smallest absolute Gasteiger partial charge is 0.293 e. The summed E-state index contributed by atoms with van der Waals surface area (Å²) in [5, 5.41) is 5.58. The predicted octanol–water partition coefficient (Wildman–Crippen LogP) is 2.98. The van der Waals surface area contributed by atoms with E-state index in [-0.39, 0.29) is 29.1 Å². The zero-order chi connectivity index (χ0) is 19.7. The number of anilines is 1. The van der Waals surface area contributed by atoms with Crippen LogP contribution in [-0.4, -0.2) is 33.3 Å². The van der Waals surface area contributed by atoms with E-state index in [9.17, 15) is 14.4 Å². The summed E-state index contributed by atoms with van der Waals surface area (Å²) in [5.74, 6) is 0.533. The normalized spacial score (nSPS) is 14.1. The molecule has 1 aliphatic heterocycles. The quantitative estimate of drug-likeness (QED) is 0.661. The van der Waals surface area contributed by atoms with Gasteiger partial charge in [0.2, 0.25) is 5.91 Å². The van der Waals surface area contributed by atoms with Crippen LogP contribution in [0, 0.1) is 6.92 Å². The highest BCUT2D eigenvalue weighted by Crippen LogP contribution is 2.27. The lowest BCUT2D eigenvalue weighted by molar-refractivity contribution is -0.115. The fourth-order valence-corrected chi connectivity index (χ4v) is 3.81. The summed E-state index contributed by atoms with van der Waals surface area (Å²) in [5.41, 5.74) is 1.16. The zero-order valence-electron chi connectivity index (χ0n) is 15.1. The molecule has 28 heavy (non-hydrogen) atoms. The highest BCUT2D eigenvalue weighted by Gasteiger charge is 2.31. The molecule has 0 N–H and O–H groups in total. The van der Waals surface area contributed by atoms with Crippen molar-refractivity contribution in [3.8, 4) is 5.75 Å². The van der Waals surface area contributed by atoms with Gasteiger partial charge in [-0.25, -0.2) is 9.58 Å². The molecule has 142 valence electrons. The van der Waals surface area contributed by atoms with Gasteiger partial charge in [-0.2, -0.15) is 5.10 Å². The zero-order valence-corrected chi connectivity index (χ0v) is 15.9. The summed E-state index contributed by atoms with van der Waals surface area (Å²) in [6.07, 6.45) is 0. The maximum absolute atomic E-state index is 12.5. The molecule has 1 fully saturated rings. The van der Waals surface area contributed by atoms with Gasteiger partial charge in [-0.3, -0.25) is 14.4 Å². The summed E-state index contributed by atoms with van der Waals surface area (Å²) in [6, 6.07) is 14.1. The molecule has 0 saturated carbocycles.